The van der Waals surface area contributed by atoms with Crippen molar-refractivity contribution in [3.8, 4) is 11.5 Å². The van der Waals surface area contributed by atoms with Crippen molar-refractivity contribution in [2.45, 2.75) is 19.5 Å². The largest absolute Gasteiger partial charge is 0.457 e. The molecule has 3 aromatic carbocycles. The first-order valence-corrected chi connectivity index (χ1v) is 10.4. The van der Waals surface area contributed by atoms with Crippen molar-refractivity contribution < 1.29 is 13.9 Å². The summed E-state index contributed by atoms with van der Waals surface area (Å²) in [6.45, 7) is 0.532. The zero-order valence-corrected chi connectivity index (χ0v) is 17.8. The van der Waals surface area contributed by atoms with Crippen LogP contribution in [-0.4, -0.2) is 15.5 Å². The SMILES string of the molecule is O=C(CCn1c(=S)[nH]c2ccccc2c1=O)NCc1ccc(Oc2ccc(F)cc2)cc1. The summed E-state index contributed by atoms with van der Waals surface area (Å²) in [4.78, 5) is 27.9. The Bertz CT molecular complexity index is 1360. The highest BCUT2D eigenvalue weighted by Gasteiger charge is 2.08. The number of benzene rings is 3. The van der Waals surface area contributed by atoms with Gasteiger partial charge in [-0.05, 0) is 66.3 Å². The first kappa shape index (κ1) is 21.5. The van der Waals surface area contributed by atoms with Crippen LogP contribution in [0.4, 0.5) is 4.39 Å². The predicted octanol–water partition coefficient (Wildman–Crippen LogP) is 4.70. The van der Waals surface area contributed by atoms with Gasteiger partial charge in [0.25, 0.3) is 5.56 Å². The molecule has 0 saturated carbocycles. The van der Waals surface area contributed by atoms with Gasteiger partial charge in [0.2, 0.25) is 5.91 Å². The van der Waals surface area contributed by atoms with Crippen molar-refractivity contribution >= 4 is 29.0 Å². The lowest BCUT2D eigenvalue weighted by molar-refractivity contribution is -0.121. The van der Waals surface area contributed by atoms with Crippen LogP contribution in [0.3, 0.4) is 0 Å². The van der Waals surface area contributed by atoms with Gasteiger partial charge in [0.15, 0.2) is 4.77 Å². The lowest BCUT2D eigenvalue weighted by Crippen LogP contribution is -2.28. The number of halogens is 1. The monoisotopic (exact) mass is 449 g/mol. The average Bonchev–Trinajstić information content (AvgIpc) is 2.80. The molecule has 0 aliphatic heterocycles. The van der Waals surface area contributed by atoms with Gasteiger partial charge in [0.05, 0.1) is 10.9 Å². The maximum absolute atomic E-state index is 13.0. The zero-order chi connectivity index (χ0) is 22.5. The van der Waals surface area contributed by atoms with Crippen molar-refractivity contribution in [3.05, 3.63) is 99.3 Å². The third kappa shape index (κ3) is 5.09. The van der Waals surface area contributed by atoms with Gasteiger partial charge in [0.1, 0.15) is 17.3 Å². The maximum atomic E-state index is 13.0. The van der Waals surface area contributed by atoms with Crippen LogP contribution in [0.2, 0.25) is 0 Å². The third-order valence-electron chi connectivity index (χ3n) is 4.91. The topological polar surface area (TPSA) is 76.1 Å². The third-order valence-corrected chi connectivity index (χ3v) is 5.24. The molecular formula is C24H20FN3O3S. The Labute approximate surface area is 188 Å². The van der Waals surface area contributed by atoms with E-state index in [1.54, 1.807) is 42.5 Å². The number of para-hydroxylation sites is 1. The predicted molar refractivity (Wildman–Crippen MR) is 123 cm³/mol. The summed E-state index contributed by atoms with van der Waals surface area (Å²) >= 11 is 5.27. The van der Waals surface area contributed by atoms with Gasteiger partial charge in [-0.15, -0.1) is 0 Å². The minimum absolute atomic E-state index is 0.126. The quantitative estimate of drug-likeness (QED) is 0.401. The van der Waals surface area contributed by atoms with E-state index in [-0.39, 0.29) is 30.2 Å². The average molecular weight is 450 g/mol. The van der Waals surface area contributed by atoms with Gasteiger partial charge in [-0.1, -0.05) is 24.3 Å². The van der Waals surface area contributed by atoms with Crippen molar-refractivity contribution in [2.24, 2.45) is 0 Å². The van der Waals surface area contributed by atoms with E-state index in [1.807, 2.05) is 18.2 Å². The summed E-state index contributed by atoms with van der Waals surface area (Å²) in [6, 6.07) is 20.1. The molecule has 0 unspecified atom stereocenters. The fraction of sp³-hybridized carbons (Fsp3) is 0.125. The minimum Gasteiger partial charge on any atom is -0.457 e. The van der Waals surface area contributed by atoms with Crippen LogP contribution in [0, 0.1) is 10.6 Å². The summed E-state index contributed by atoms with van der Waals surface area (Å²) in [6.07, 6.45) is 0.126. The van der Waals surface area contributed by atoms with Crippen LogP contribution < -0.4 is 15.6 Å². The number of hydrogen-bond acceptors (Lipinski definition) is 4. The fourth-order valence-corrected chi connectivity index (χ4v) is 3.50. The molecule has 0 aliphatic carbocycles. The number of carbonyl (C=O) groups is 1. The molecule has 0 spiro atoms. The van der Waals surface area contributed by atoms with E-state index in [2.05, 4.69) is 10.3 Å². The van der Waals surface area contributed by atoms with Crippen LogP contribution in [-0.2, 0) is 17.9 Å². The number of H-pyrrole nitrogens is 1. The molecule has 32 heavy (non-hydrogen) atoms. The standard InChI is InChI=1S/C24H20FN3O3S/c25-17-7-11-19(12-8-17)31-18-9-5-16(6-10-18)15-26-22(29)13-14-28-23(30)20-3-1-2-4-21(20)27-24(28)32/h1-12H,13-15H2,(H,26,29)(H,27,32). The van der Waals surface area contributed by atoms with Crippen molar-refractivity contribution in [3.63, 3.8) is 0 Å². The highest BCUT2D eigenvalue weighted by molar-refractivity contribution is 7.71. The van der Waals surface area contributed by atoms with E-state index in [1.165, 1.54) is 16.7 Å². The second-order valence-corrected chi connectivity index (χ2v) is 7.55. The van der Waals surface area contributed by atoms with Crippen LogP contribution in [0.15, 0.2) is 77.6 Å². The van der Waals surface area contributed by atoms with E-state index in [9.17, 15) is 14.0 Å². The molecule has 0 saturated heterocycles. The summed E-state index contributed by atoms with van der Waals surface area (Å²) in [5.74, 6) is 0.633. The van der Waals surface area contributed by atoms with Gasteiger partial charge in [-0.2, -0.15) is 0 Å². The Hall–Kier alpha value is -3.78. The molecule has 8 heteroatoms. The second-order valence-electron chi connectivity index (χ2n) is 7.16. The molecule has 0 bridgehead atoms. The number of aromatic amines is 1. The molecule has 1 heterocycles. The van der Waals surface area contributed by atoms with Gasteiger partial charge < -0.3 is 15.0 Å². The number of nitrogens with one attached hydrogen (secondary N) is 2. The molecule has 0 fully saturated rings. The number of nitrogens with zero attached hydrogens (tertiary/aromatic N) is 1. The Balaban J connectivity index is 1.31. The van der Waals surface area contributed by atoms with Crippen molar-refractivity contribution in [1.29, 1.82) is 0 Å². The second kappa shape index (κ2) is 9.57. The summed E-state index contributed by atoms with van der Waals surface area (Å²) in [7, 11) is 0. The molecule has 6 nitrogen and oxygen atoms in total. The van der Waals surface area contributed by atoms with E-state index in [0.29, 0.717) is 33.7 Å². The number of fused-ring (bicyclic) bond motifs is 1. The molecule has 0 aliphatic rings. The fourth-order valence-electron chi connectivity index (χ4n) is 3.22. The number of carbonyl (C=O) groups excluding carboxylic acids is 1. The smallest absolute Gasteiger partial charge is 0.262 e. The summed E-state index contributed by atoms with van der Waals surface area (Å²) in [5, 5.41) is 3.37. The van der Waals surface area contributed by atoms with Gasteiger partial charge >= 0.3 is 0 Å². The van der Waals surface area contributed by atoms with Crippen molar-refractivity contribution in [1.82, 2.24) is 14.9 Å². The molecule has 4 rings (SSSR count). The number of rotatable bonds is 7. The van der Waals surface area contributed by atoms with E-state index >= 15 is 0 Å². The van der Waals surface area contributed by atoms with Gasteiger partial charge in [0, 0.05) is 19.5 Å². The molecular weight excluding hydrogens is 429 g/mol. The van der Waals surface area contributed by atoms with Gasteiger partial charge in [-0.25, -0.2) is 4.39 Å². The minimum atomic E-state index is -0.323. The Morgan fingerprint density at radius 2 is 1.66 bits per heavy atom. The van der Waals surface area contributed by atoms with Crippen LogP contribution >= 0.6 is 12.2 Å². The first-order valence-electron chi connectivity index (χ1n) is 10.0. The van der Waals surface area contributed by atoms with Crippen molar-refractivity contribution in [2.75, 3.05) is 0 Å². The first-order chi connectivity index (χ1) is 15.5. The van der Waals surface area contributed by atoms with Crippen LogP contribution in [0.1, 0.15) is 12.0 Å². The Morgan fingerprint density at radius 3 is 2.38 bits per heavy atom. The van der Waals surface area contributed by atoms with E-state index < -0.39 is 0 Å². The van der Waals surface area contributed by atoms with Gasteiger partial charge in [-0.3, -0.25) is 14.2 Å². The van der Waals surface area contributed by atoms with E-state index in [4.69, 9.17) is 17.0 Å². The number of hydrogen-bond donors (Lipinski definition) is 2. The Morgan fingerprint density at radius 1 is 1.00 bits per heavy atom. The summed E-state index contributed by atoms with van der Waals surface area (Å²) in [5.41, 5.74) is 1.36. The number of amides is 1. The molecule has 1 amide bonds. The maximum Gasteiger partial charge on any atom is 0.262 e. The Kier molecular flexibility index (Phi) is 6.42. The summed E-state index contributed by atoms with van der Waals surface area (Å²) < 4.78 is 20.3. The number of aromatic nitrogens is 2. The van der Waals surface area contributed by atoms with Crippen LogP contribution in [0.25, 0.3) is 10.9 Å². The highest BCUT2D eigenvalue weighted by atomic mass is 32.1. The van der Waals surface area contributed by atoms with E-state index in [0.717, 1.165) is 5.56 Å². The molecule has 0 radical (unpaired) electrons. The van der Waals surface area contributed by atoms with Crippen LogP contribution in [0.5, 0.6) is 11.5 Å². The lowest BCUT2D eigenvalue weighted by atomic mass is 10.2. The lowest BCUT2D eigenvalue weighted by Gasteiger charge is -2.10. The molecule has 162 valence electrons. The zero-order valence-electron chi connectivity index (χ0n) is 17.0. The molecule has 4 aromatic rings. The highest BCUT2D eigenvalue weighted by Crippen LogP contribution is 2.21. The normalized spacial score (nSPS) is 10.8. The molecule has 0 atom stereocenters. The number of ether oxygens (including phenoxy) is 1. The molecule has 2 N–H and O–H groups in total. The molecule has 1 aromatic heterocycles.